The molecule has 11 heteroatoms. The zero-order chi connectivity index (χ0) is 40.3. The second-order valence-corrected chi connectivity index (χ2v) is 18.9. The molecule has 6 aromatic rings. The molecule has 0 aliphatic rings. The molecular formula is C45H40Cl2O7S2. The van der Waals surface area contributed by atoms with Crippen LogP contribution >= 0.6 is 23.2 Å². The predicted molar refractivity (Wildman–Crippen MR) is 220 cm³/mol. The van der Waals surface area contributed by atoms with E-state index in [9.17, 15) is 21.6 Å². The fourth-order valence-electron chi connectivity index (χ4n) is 5.99. The van der Waals surface area contributed by atoms with Crippen LogP contribution in [-0.4, -0.2) is 22.6 Å². The SMILES string of the molecule is CCC(C)(Cl)c1ccc(S(=O)(=O)c2ccc(Oc3ccc(C(=O)c4ccc(OC(C)(CC)c5ccc(S(=O)(=O)c6ccc(Cl)cc6)cc5)cc4)cc3)cc2)cc1. The smallest absolute Gasteiger partial charge is 0.206 e. The van der Waals surface area contributed by atoms with Gasteiger partial charge in [-0.05, 0) is 159 Å². The minimum absolute atomic E-state index is 0.135. The molecule has 7 nitrogen and oxygen atoms in total. The quantitative estimate of drug-likeness (QED) is 0.0795. The maximum absolute atomic E-state index is 13.4. The lowest BCUT2D eigenvalue weighted by Gasteiger charge is -2.30. The van der Waals surface area contributed by atoms with E-state index in [0.29, 0.717) is 46.2 Å². The third-order valence-corrected chi connectivity index (χ3v) is 14.3. The van der Waals surface area contributed by atoms with Crippen molar-refractivity contribution in [3.8, 4) is 17.2 Å². The summed E-state index contributed by atoms with van der Waals surface area (Å²) in [5.41, 5.74) is 1.80. The van der Waals surface area contributed by atoms with Crippen molar-refractivity contribution in [2.75, 3.05) is 0 Å². The van der Waals surface area contributed by atoms with Crippen molar-refractivity contribution < 1.29 is 31.1 Å². The average molecular weight is 828 g/mol. The molecule has 0 aromatic heterocycles. The molecular weight excluding hydrogens is 788 g/mol. The summed E-state index contributed by atoms with van der Waals surface area (Å²) in [7, 11) is -7.46. The van der Waals surface area contributed by atoms with Gasteiger partial charge in [0, 0.05) is 16.1 Å². The normalized spacial score (nSPS) is 14.0. The number of hydrogen-bond acceptors (Lipinski definition) is 7. The maximum atomic E-state index is 13.4. The number of carbonyl (C=O) groups is 1. The Bertz CT molecular complexity index is 2540. The number of sulfone groups is 2. The van der Waals surface area contributed by atoms with Crippen LogP contribution in [0, 0.1) is 0 Å². The summed E-state index contributed by atoms with van der Waals surface area (Å²) in [4.78, 5) is 13.4. The lowest BCUT2D eigenvalue weighted by Crippen LogP contribution is -2.28. The average Bonchev–Trinajstić information content (AvgIpc) is 3.21. The number of rotatable bonds is 14. The molecule has 2 atom stereocenters. The van der Waals surface area contributed by atoms with E-state index in [1.807, 2.05) is 27.7 Å². The number of ketones is 1. The topological polar surface area (TPSA) is 104 Å². The fraction of sp³-hybridized carbons (Fsp3) is 0.178. The largest absolute Gasteiger partial charge is 0.483 e. The molecule has 0 aliphatic carbocycles. The van der Waals surface area contributed by atoms with Gasteiger partial charge in [0.05, 0.1) is 24.5 Å². The number of alkyl halides is 1. The Balaban J connectivity index is 1.08. The van der Waals surface area contributed by atoms with Crippen LogP contribution in [0.5, 0.6) is 17.2 Å². The molecule has 0 N–H and O–H groups in total. The first kappa shape index (κ1) is 40.7. The number of carbonyl (C=O) groups excluding carboxylic acids is 1. The molecule has 0 amide bonds. The minimum atomic E-state index is -3.75. The first-order valence-electron chi connectivity index (χ1n) is 17.9. The Hall–Kier alpha value is -4.93. The number of ether oxygens (including phenoxy) is 2. The van der Waals surface area contributed by atoms with Gasteiger partial charge in [-0.1, -0.05) is 49.7 Å². The van der Waals surface area contributed by atoms with Crippen LogP contribution in [0.2, 0.25) is 5.02 Å². The van der Waals surface area contributed by atoms with Crippen LogP contribution in [0.3, 0.4) is 0 Å². The maximum Gasteiger partial charge on any atom is 0.206 e. The Kier molecular flexibility index (Phi) is 11.8. The summed E-state index contributed by atoms with van der Waals surface area (Å²) in [5.74, 6) is 1.28. The zero-order valence-corrected chi connectivity index (χ0v) is 34.3. The van der Waals surface area contributed by atoms with Crippen molar-refractivity contribution in [3.63, 3.8) is 0 Å². The van der Waals surface area contributed by atoms with Gasteiger partial charge in [-0.25, -0.2) is 16.8 Å². The standard InChI is InChI=1S/C45H40Cl2O7S2/c1-5-44(3,47)33-11-23-39(24-12-33)56(51,52)42-29-21-37(22-30-42)53-36-17-7-31(8-18-36)43(48)32-9-19-38(20-10-32)54-45(4,6-2)34-13-25-40(26-14-34)55(49,50)41-27-15-35(46)16-28-41/h7-30H,5-6H2,1-4H3. The minimum Gasteiger partial charge on any atom is -0.483 e. The van der Waals surface area contributed by atoms with E-state index in [1.165, 1.54) is 24.3 Å². The number of hydrogen-bond donors (Lipinski definition) is 0. The summed E-state index contributed by atoms with van der Waals surface area (Å²) in [6.45, 7) is 7.78. The summed E-state index contributed by atoms with van der Waals surface area (Å²) in [5, 5.41) is 0.456. The Morgan fingerprint density at radius 2 is 0.875 bits per heavy atom. The molecule has 288 valence electrons. The van der Waals surface area contributed by atoms with E-state index >= 15 is 0 Å². The molecule has 6 rings (SSSR count). The van der Waals surface area contributed by atoms with Crippen LogP contribution in [0.1, 0.15) is 67.6 Å². The van der Waals surface area contributed by atoms with Crippen molar-refractivity contribution in [2.45, 2.75) is 70.6 Å². The molecule has 0 aliphatic heterocycles. The van der Waals surface area contributed by atoms with Crippen molar-refractivity contribution in [1.82, 2.24) is 0 Å². The summed E-state index contributed by atoms with van der Waals surface area (Å²) in [6.07, 6.45) is 1.30. The molecule has 56 heavy (non-hydrogen) atoms. The molecule has 0 saturated carbocycles. The van der Waals surface area contributed by atoms with Crippen LogP contribution in [0.25, 0.3) is 0 Å². The molecule has 2 unspecified atom stereocenters. The highest BCUT2D eigenvalue weighted by molar-refractivity contribution is 7.91. The van der Waals surface area contributed by atoms with Crippen LogP contribution in [-0.2, 0) is 30.1 Å². The van der Waals surface area contributed by atoms with E-state index in [1.54, 1.807) is 121 Å². The van der Waals surface area contributed by atoms with Gasteiger partial charge in [0.1, 0.15) is 22.8 Å². The van der Waals surface area contributed by atoms with Crippen LogP contribution in [0.4, 0.5) is 0 Å². The zero-order valence-electron chi connectivity index (χ0n) is 31.2. The highest BCUT2D eigenvalue weighted by Crippen LogP contribution is 2.35. The molecule has 0 saturated heterocycles. The van der Waals surface area contributed by atoms with E-state index in [4.69, 9.17) is 32.7 Å². The molecule has 0 bridgehead atoms. The van der Waals surface area contributed by atoms with Gasteiger partial charge in [-0.2, -0.15) is 0 Å². The van der Waals surface area contributed by atoms with E-state index in [0.717, 1.165) is 11.1 Å². The summed E-state index contributed by atoms with van der Waals surface area (Å²) >= 11 is 12.5. The Labute approximate surface area is 338 Å². The van der Waals surface area contributed by atoms with Gasteiger partial charge in [-0.15, -0.1) is 11.6 Å². The van der Waals surface area contributed by atoms with Crippen molar-refractivity contribution in [2.24, 2.45) is 0 Å². The second kappa shape index (κ2) is 16.3. The molecule has 0 heterocycles. The van der Waals surface area contributed by atoms with Crippen LogP contribution in [0.15, 0.2) is 165 Å². The lowest BCUT2D eigenvalue weighted by atomic mass is 9.93. The third-order valence-electron chi connectivity index (χ3n) is 9.95. The highest BCUT2D eigenvalue weighted by Gasteiger charge is 2.28. The molecule has 0 spiro atoms. The Morgan fingerprint density at radius 1 is 0.518 bits per heavy atom. The lowest BCUT2D eigenvalue weighted by molar-refractivity contribution is 0.0825. The summed E-state index contributed by atoms with van der Waals surface area (Å²) in [6, 6.07) is 39.1. The van der Waals surface area contributed by atoms with Crippen LogP contribution < -0.4 is 9.47 Å². The molecule has 0 radical (unpaired) electrons. The summed E-state index contributed by atoms with van der Waals surface area (Å²) < 4.78 is 65.1. The predicted octanol–water partition coefficient (Wildman–Crippen LogP) is 11.6. The van der Waals surface area contributed by atoms with Gasteiger partial charge in [0.25, 0.3) is 0 Å². The van der Waals surface area contributed by atoms with E-state index in [2.05, 4.69) is 0 Å². The van der Waals surface area contributed by atoms with Gasteiger partial charge in [0.15, 0.2) is 5.78 Å². The first-order chi connectivity index (χ1) is 26.6. The van der Waals surface area contributed by atoms with Gasteiger partial charge >= 0.3 is 0 Å². The van der Waals surface area contributed by atoms with Crippen molar-refractivity contribution >= 4 is 48.7 Å². The van der Waals surface area contributed by atoms with Gasteiger partial charge in [0.2, 0.25) is 19.7 Å². The van der Waals surface area contributed by atoms with Crippen molar-refractivity contribution in [1.29, 1.82) is 0 Å². The number of benzene rings is 6. The van der Waals surface area contributed by atoms with E-state index in [-0.39, 0.29) is 25.4 Å². The second-order valence-electron chi connectivity index (χ2n) is 13.7. The van der Waals surface area contributed by atoms with E-state index < -0.39 is 30.1 Å². The Morgan fingerprint density at radius 3 is 1.29 bits per heavy atom. The fourth-order valence-corrected chi connectivity index (χ4v) is 8.77. The van der Waals surface area contributed by atoms with Gasteiger partial charge in [-0.3, -0.25) is 4.79 Å². The number of halogens is 2. The van der Waals surface area contributed by atoms with Crippen molar-refractivity contribution in [3.05, 3.63) is 173 Å². The monoisotopic (exact) mass is 826 g/mol. The molecule has 6 aromatic carbocycles. The molecule has 0 fully saturated rings. The third kappa shape index (κ3) is 8.71. The highest BCUT2D eigenvalue weighted by atomic mass is 35.5. The first-order valence-corrected chi connectivity index (χ1v) is 21.7. The van der Waals surface area contributed by atoms with Gasteiger partial charge < -0.3 is 9.47 Å².